The van der Waals surface area contributed by atoms with E-state index in [1.165, 1.54) is 6.08 Å². The van der Waals surface area contributed by atoms with Gasteiger partial charge in [0.25, 0.3) is 5.91 Å². The number of benzene rings is 4. The summed E-state index contributed by atoms with van der Waals surface area (Å²) < 4.78 is 7.52. The van der Waals surface area contributed by atoms with Crippen molar-refractivity contribution >= 4 is 71.9 Å². The molecule has 1 amide bonds. The Hall–Kier alpha value is -3.11. The minimum atomic E-state index is -0.518. The molecule has 0 radical (unpaired) electrons. The van der Waals surface area contributed by atoms with E-state index < -0.39 is 5.91 Å². The van der Waals surface area contributed by atoms with Crippen molar-refractivity contribution in [3.8, 4) is 11.8 Å². The summed E-state index contributed by atoms with van der Waals surface area (Å²) in [6.45, 7) is 2.26. The third kappa shape index (κ3) is 5.94. The van der Waals surface area contributed by atoms with Crippen molar-refractivity contribution in [2.45, 2.75) is 13.5 Å². The quantitative estimate of drug-likeness (QED) is 0.176. The van der Waals surface area contributed by atoms with E-state index in [0.29, 0.717) is 37.6 Å². The molecule has 0 aliphatic rings. The Morgan fingerprint density at radius 1 is 1.06 bits per heavy atom. The zero-order valence-corrected chi connectivity index (χ0v) is 22.5. The van der Waals surface area contributed by atoms with E-state index in [2.05, 4.69) is 55.4 Å². The summed E-state index contributed by atoms with van der Waals surface area (Å²) in [6, 6.07) is 25.1. The lowest BCUT2D eigenvalue weighted by atomic mass is 10.1. The summed E-state index contributed by atoms with van der Waals surface area (Å²) in [4.78, 5) is 12.7. The lowest BCUT2D eigenvalue weighted by Gasteiger charge is -2.13. The summed E-state index contributed by atoms with van der Waals surface area (Å²) in [5.74, 6) is 0.114. The summed E-state index contributed by atoms with van der Waals surface area (Å²) in [5, 5.41) is 15.1. The first-order valence-electron chi connectivity index (χ1n) is 10.6. The number of nitriles is 1. The lowest BCUT2D eigenvalue weighted by Crippen LogP contribution is -2.13. The Morgan fingerprint density at radius 3 is 2.49 bits per heavy atom. The molecule has 0 atom stereocenters. The second-order valence-electron chi connectivity index (χ2n) is 7.83. The molecule has 0 bridgehead atoms. The minimum Gasteiger partial charge on any atom is -0.487 e. The zero-order chi connectivity index (χ0) is 24.9. The van der Waals surface area contributed by atoms with Crippen LogP contribution in [-0.2, 0) is 11.4 Å². The van der Waals surface area contributed by atoms with Gasteiger partial charge in [0.2, 0.25) is 0 Å². The van der Waals surface area contributed by atoms with Gasteiger partial charge in [-0.25, -0.2) is 0 Å². The number of rotatable bonds is 6. The Morgan fingerprint density at radius 2 is 1.77 bits per heavy atom. The normalized spacial score (nSPS) is 11.2. The number of fused-ring (bicyclic) bond motifs is 1. The van der Waals surface area contributed by atoms with Crippen LogP contribution in [-0.4, -0.2) is 5.91 Å². The molecule has 7 heteroatoms. The molecule has 35 heavy (non-hydrogen) atoms. The molecular formula is C28H19Br2ClN2O2. The number of anilines is 1. The largest absolute Gasteiger partial charge is 0.487 e. The van der Waals surface area contributed by atoms with Crippen molar-refractivity contribution in [1.29, 1.82) is 5.26 Å². The average Bonchev–Trinajstić information content (AvgIpc) is 2.84. The first-order chi connectivity index (χ1) is 16.9. The van der Waals surface area contributed by atoms with Gasteiger partial charge in [0, 0.05) is 10.7 Å². The van der Waals surface area contributed by atoms with Gasteiger partial charge in [-0.1, -0.05) is 60.1 Å². The van der Waals surface area contributed by atoms with Gasteiger partial charge in [0.05, 0.1) is 8.95 Å². The van der Waals surface area contributed by atoms with Gasteiger partial charge < -0.3 is 10.1 Å². The average molecular weight is 611 g/mol. The molecule has 0 aliphatic heterocycles. The van der Waals surface area contributed by atoms with Crippen molar-refractivity contribution in [2.24, 2.45) is 0 Å². The maximum Gasteiger partial charge on any atom is 0.266 e. The van der Waals surface area contributed by atoms with Crippen molar-refractivity contribution in [3.63, 3.8) is 0 Å². The van der Waals surface area contributed by atoms with Gasteiger partial charge in [-0.15, -0.1) is 0 Å². The first kappa shape index (κ1) is 25.0. The number of amides is 1. The Balaban J connectivity index is 1.53. The molecule has 0 saturated heterocycles. The smallest absolute Gasteiger partial charge is 0.266 e. The van der Waals surface area contributed by atoms with Crippen molar-refractivity contribution in [3.05, 3.63) is 109 Å². The van der Waals surface area contributed by atoms with Crippen LogP contribution in [0, 0.1) is 18.3 Å². The number of hydrogen-bond donors (Lipinski definition) is 1. The summed E-state index contributed by atoms with van der Waals surface area (Å²) in [5.41, 5.74) is 3.12. The molecule has 4 rings (SSSR count). The minimum absolute atomic E-state index is 0.0371. The fraction of sp³-hybridized carbons (Fsp3) is 0.0714. The van der Waals surface area contributed by atoms with E-state index in [0.717, 1.165) is 21.9 Å². The summed E-state index contributed by atoms with van der Waals surface area (Å²) in [7, 11) is 0. The molecule has 0 spiro atoms. The molecule has 4 aromatic carbocycles. The molecule has 0 saturated carbocycles. The van der Waals surface area contributed by atoms with Crippen LogP contribution in [0.2, 0.25) is 5.02 Å². The number of nitrogens with one attached hydrogen (secondary N) is 1. The van der Waals surface area contributed by atoms with Crippen LogP contribution in [0.4, 0.5) is 5.69 Å². The van der Waals surface area contributed by atoms with Crippen LogP contribution in [0.25, 0.3) is 16.8 Å². The van der Waals surface area contributed by atoms with Gasteiger partial charge in [0.1, 0.15) is 24.0 Å². The maximum atomic E-state index is 12.7. The highest BCUT2D eigenvalue weighted by molar-refractivity contribution is 9.11. The van der Waals surface area contributed by atoms with E-state index in [9.17, 15) is 10.1 Å². The molecule has 0 aromatic heterocycles. The number of ether oxygens (including phenoxy) is 1. The topological polar surface area (TPSA) is 62.1 Å². The Bertz CT molecular complexity index is 1480. The molecule has 4 aromatic rings. The molecule has 0 heterocycles. The van der Waals surface area contributed by atoms with Gasteiger partial charge in [-0.3, -0.25) is 4.79 Å². The van der Waals surface area contributed by atoms with E-state index in [1.807, 2.05) is 37.3 Å². The highest BCUT2D eigenvalue weighted by atomic mass is 79.9. The van der Waals surface area contributed by atoms with E-state index in [-0.39, 0.29) is 5.57 Å². The number of carbonyl (C=O) groups is 1. The number of nitrogens with zero attached hydrogens (tertiary/aromatic N) is 1. The van der Waals surface area contributed by atoms with Crippen molar-refractivity contribution in [1.82, 2.24) is 0 Å². The highest BCUT2D eigenvalue weighted by Crippen LogP contribution is 2.36. The van der Waals surface area contributed by atoms with Crippen LogP contribution in [0.5, 0.6) is 5.75 Å². The van der Waals surface area contributed by atoms with Gasteiger partial charge >= 0.3 is 0 Å². The molecule has 0 fully saturated rings. The van der Waals surface area contributed by atoms with E-state index in [4.69, 9.17) is 16.3 Å². The second-order valence-corrected chi connectivity index (χ2v) is 9.94. The lowest BCUT2D eigenvalue weighted by molar-refractivity contribution is -0.112. The van der Waals surface area contributed by atoms with Crippen LogP contribution in [0.1, 0.15) is 16.7 Å². The third-order valence-electron chi connectivity index (χ3n) is 5.38. The van der Waals surface area contributed by atoms with E-state index >= 15 is 0 Å². The summed E-state index contributed by atoms with van der Waals surface area (Å²) in [6.07, 6.45) is 1.52. The fourth-order valence-electron chi connectivity index (χ4n) is 3.55. The predicted molar refractivity (Wildman–Crippen MR) is 149 cm³/mol. The molecule has 174 valence electrons. The van der Waals surface area contributed by atoms with Crippen molar-refractivity contribution in [2.75, 3.05) is 5.32 Å². The third-order valence-corrected chi connectivity index (χ3v) is 6.96. The van der Waals surface area contributed by atoms with Gasteiger partial charge in [-0.2, -0.15) is 5.26 Å². The fourth-order valence-corrected chi connectivity index (χ4v) is 5.18. The molecule has 1 N–H and O–H groups in total. The Labute approximate surface area is 225 Å². The van der Waals surface area contributed by atoms with Crippen molar-refractivity contribution < 1.29 is 9.53 Å². The molecular weight excluding hydrogens is 592 g/mol. The van der Waals surface area contributed by atoms with Crippen LogP contribution < -0.4 is 10.1 Å². The number of hydrogen-bond acceptors (Lipinski definition) is 3. The van der Waals surface area contributed by atoms with Gasteiger partial charge in [0.15, 0.2) is 0 Å². The SMILES string of the molecule is Cc1ccc(NC(=O)/C(C#N)=C\c2cc(Br)c(OCc3cccc4ccccc34)c(Br)c2)cc1Cl. The van der Waals surface area contributed by atoms with Crippen LogP contribution in [0.15, 0.2) is 87.3 Å². The van der Waals surface area contributed by atoms with E-state index in [1.54, 1.807) is 30.3 Å². The first-order valence-corrected chi connectivity index (χ1v) is 12.6. The molecule has 0 unspecified atom stereocenters. The number of carbonyl (C=O) groups excluding carboxylic acids is 1. The van der Waals surface area contributed by atoms with Crippen LogP contribution in [0.3, 0.4) is 0 Å². The molecule has 0 aliphatic carbocycles. The second kappa shape index (κ2) is 11.1. The number of halogens is 3. The summed E-state index contributed by atoms with van der Waals surface area (Å²) >= 11 is 13.2. The number of aryl methyl sites for hydroxylation is 1. The monoisotopic (exact) mass is 608 g/mol. The maximum absolute atomic E-state index is 12.7. The standard InChI is InChI=1S/C28H19Br2ClN2O2/c1-17-9-10-22(14-26(17)31)33-28(34)21(15-32)11-18-12-24(29)27(25(30)13-18)35-16-20-7-4-6-19-5-2-3-8-23(19)20/h2-14H,16H2,1H3,(H,33,34)/b21-11-. The predicted octanol–water partition coefficient (Wildman–Crippen LogP) is 8.45. The highest BCUT2D eigenvalue weighted by Gasteiger charge is 2.14. The molecule has 4 nitrogen and oxygen atoms in total. The Kier molecular flexibility index (Phi) is 7.92. The van der Waals surface area contributed by atoms with Crippen LogP contribution >= 0.6 is 43.5 Å². The zero-order valence-electron chi connectivity index (χ0n) is 18.6. The van der Waals surface area contributed by atoms with Gasteiger partial charge in [-0.05, 0) is 96.6 Å².